The molecule has 1 aliphatic heterocycles. The maximum absolute atomic E-state index is 13.1. The van der Waals surface area contributed by atoms with Crippen molar-refractivity contribution in [3.8, 4) is 0 Å². The minimum absolute atomic E-state index is 0.0986. The van der Waals surface area contributed by atoms with Gasteiger partial charge in [0, 0.05) is 30.3 Å². The number of hydrogen-bond acceptors (Lipinski definition) is 7. The predicted molar refractivity (Wildman–Crippen MR) is 128 cm³/mol. The summed E-state index contributed by atoms with van der Waals surface area (Å²) < 4.78 is 5.72. The van der Waals surface area contributed by atoms with E-state index in [9.17, 15) is 19.7 Å². The number of fused-ring (bicyclic) bond motifs is 1. The molecule has 0 saturated carbocycles. The van der Waals surface area contributed by atoms with E-state index in [1.165, 1.54) is 30.5 Å². The topological polar surface area (TPSA) is 131 Å². The molecule has 3 heterocycles. The summed E-state index contributed by atoms with van der Waals surface area (Å²) in [4.78, 5) is 43.2. The largest absolute Gasteiger partial charge is 0.449 e. The molecule has 34 heavy (non-hydrogen) atoms. The molecule has 0 radical (unpaired) electrons. The number of aromatic nitrogens is 1. The quantitative estimate of drug-likeness (QED) is 0.382. The number of non-ortho nitro benzene ring substituents is 1. The van der Waals surface area contributed by atoms with Crippen molar-refractivity contribution in [3.63, 3.8) is 0 Å². The highest BCUT2D eigenvalue weighted by atomic mass is 35.5. The summed E-state index contributed by atoms with van der Waals surface area (Å²) in [6.45, 7) is 5.82. The van der Waals surface area contributed by atoms with Gasteiger partial charge in [-0.1, -0.05) is 11.6 Å². The van der Waals surface area contributed by atoms with Crippen LogP contribution in [0.3, 0.4) is 0 Å². The molecular weight excluding hydrogens is 462 g/mol. The molecule has 3 aromatic rings. The number of hydrogen-bond donors (Lipinski definition) is 2. The Hall–Kier alpha value is -3.50. The fraction of sp³-hybridized carbons (Fsp3) is 0.348. The van der Waals surface area contributed by atoms with Crippen LogP contribution in [0.4, 0.5) is 17.2 Å². The molecule has 11 heteroatoms. The second-order valence-corrected chi connectivity index (χ2v) is 8.89. The maximum Gasteiger partial charge on any atom is 0.294 e. The fourth-order valence-electron chi connectivity index (χ4n) is 4.01. The number of pyridine rings is 1. The first kappa shape index (κ1) is 23.7. The molecule has 0 unspecified atom stereocenters. The Morgan fingerprint density at radius 2 is 1.94 bits per heavy atom. The number of halogens is 1. The average molecular weight is 486 g/mol. The summed E-state index contributed by atoms with van der Waals surface area (Å²) >= 11 is 5.84. The highest BCUT2D eigenvalue weighted by molar-refractivity contribution is 6.30. The molecule has 4 rings (SSSR count). The minimum atomic E-state index is -0.654. The van der Waals surface area contributed by atoms with Gasteiger partial charge in [-0.25, -0.2) is 4.98 Å². The summed E-state index contributed by atoms with van der Waals surface area (Å²) in [5, 5.41) is 17.4. The Labute approximate surface area is 200 Å². The van der Waals surface area contributed by atoms with Gasteiger partial charge < -0.3 is 20.0 Å². The highest BCUT2D eigenvalue weighted by Crippen LogP contribution is 2.35. The first-order valence-electron chi connectivity index (χ1n) is 10.9. The van der Waals surface area contributed by atoms with Crippen LogP contribution in [-0.4, -0.2) is 45.8 Å². The zero-order chi connectivity index (χ0) is 24.4. The van der Waals surface area contributed by atoms with Gasteiger partial charge in [0.05, 0.1) is 15.3 Å². The second-order valence-electron chi connectivity index (χ2n) is 8.45. The first-order valence-corrected chi connectivity index (χ1v) is 11.3. The molecule has 10 nitrogen and oxygen atoms in total. The van der Waals surface area contributed by atoms with E-state index >= 15 is 0 Å². The van der Waals surface area contributed by atoms with Gasteiger partial charge in [0.1, 0.15) is 17.1 Å². The van der Waals surface area contributed by atoms with Crippen LogP contribution in [0.1, 0.15) is 37.2 Å². The molecule has 0 atom stereocenters. The number of carbonyl (C=O) groups is 2. The van der Waals surface area contributed by atoms with Crippen LogP contribution in [0, 0.1) is 16.0 Å². The lowest BCUT2D eigenvalue weighted by molar-refractivity contribution is -0.384. The van der Waals surface area contributed by atoms with E-state index in [0.29, 0.717) is 23.9 Å². The lowest BCUT2D eigenvalue weighted by atomic mass is 9.95. The van der Waals surface area contributed by atoms with Gasteiger partial charge in [0.15, 0.2) is 0 Å². The Bertz CT molecular complexity index is 1230. The Morgan fingerprint density at radius 1 is 1.21 bits per heavy atom. The van der Waals surface area contributed by atoms with Crippen LogP contribution < -0.4 is 10.6 Å². The number of furan rings is 1. The van der Waals surface area contributed by atoms with Crippen LogP contribution in [0.5, 0.6) is 0 Å². The number of carbonyl (C=O) groups excluding carboxylic acids is 2. The molecule has 2 aromatic heterocycles. The van der Waals surface area contributed by atoms with Gasteiger partial charge >= 0.3 is 0 Å². The van der Waals surface area contributed by atoms with Crippen LogP contribution in [0.25, 0.3) is 11.0 Å². The molecule has 178 valence electrons. The van der Waals surface area contributed by atoms with Gasteiger partial charge in [0.2, 0.25) is 11.7 Å². The van der Waals surface area contributed by atoms with E-state index < -0.39 is 10.8 Å². The molecule has 2 amide bonds. The summed E-state index contributed by atoms with van der Waals surface area (Å²) in [7, 11) is 0. The smallest absolute Gasteiger partial charge is 0.294 e. The van der Waals surface area contributed by atoms with E-state index in [0.717, 1.165) is 13.1 Å². The van der Waals surface area contributed by atoms with Crippen molar-refractivity contribution in [3.05, 3.63) is 57.4 Å². The van der Waals surface area contributed by atoms with Gasteiger partial charge in [0.25, 0.3) is 11.6 Å². The van der Waals surface area contributed by atoms with E-state index in [2.05, 4.69) is 34.4 Å². The number of anilines is 2. The average Bonchev–Trinajstić information content (AvgIpc) is 3.18. The zero-order valence-corrected chi connectivity index (χ0v) is 19.5. The summed E-state index contributed by atoms with van der Waals surface area (Å²) in [5.41, 5.74) is 0.159. The van der Waals surface area contributed by atoms with E-state index in [1.807, 2.05) is 0 Å². The van der Waals surface area contributed by atoms with Crippen LogP contribution in [0.2, 0.25) is 5.02 Å². The van der Waals surface area contributed by atoms with Crippen molar-refractivity contribution in [2.45, 2.75) is 32.7 Å². The lowest BCUT2D eigenvalue weighted by Crippen LogP contribution is -2.41. The van der Waals surface area contributed by atoms with Crippen molar-refractivity contribution in [2.75, 3.05) is 23.7 Å². The molecule has 1 saturated heterocycles. The third kappa shape index (κ3) is 5.02. The van der Waals surface area contributed by atoms with Crippen molar-refractivity contribution >= 4 is 51.6 Å². The molecule has 2 N–H and O–H groups in total. The standard InChI is InChI=1S/C23H24ClN5O5/c1-13(2)28-9-7-14(8-10-28)22(30)27-20-17-11-16(29(32)33)4-5-18(17)34-21(20)23(31)26-19-6-3-15(24)12-25-19/h3-6,11-14H,7-10H2,1-2H3,(H,27,30)(H,25,26,31). The van der Waals surface area contributed by atoms with Crippen molar-refractivity contribution in [1.29, 1.82) is 0 Å². The molecule has 1 aromatic carbocycles. The van der Waals surface area contributed by atoms with Crippen LogP contribution in [-0.2, 0) is 4.79 Å². The van der Waals surface area contributed by atoms with E-state index in [4.69, 9.17) is 16.0 Å². The molecular formula is C23H24ClN5O5. The second kappa shape index (κ2) is 9.78. The summed E-state index contributed by atoms with van der Waals surface area (Å²) in [5.74, 6) is -1.08. The Kier molecular flexibility index (Phi) is 6.80. The van der Waals surface area contributed by atoms with Gasteiger partial charge in [-0.15, -0.1) is 0 Å². The van der Waals surface area contributed by atoms with Gasteiger partial charge in [-0.05, 0) is 58.0 Å². The van der Waals surface area contributed by atoms with Crippen molar-refractivity contribution in [2.24, 2.45) is 5.92 Å². The zero-order valence-electron chi connectivity index (χ0n) is 18.7. The first-order chi connectivity index (χ1) is 16.2. The minimum Gasteiger partial charge on any atom is -0.449 e. The van der Waals surface area contributed by atoms with E-state index in [-0.39, 0.29) is 45.7 Å². The van der Waals surface area contributed by atoms with Crippen LogP contribution in [0.15, 0.2) is 40.9 Å². The monoisotopic (exact) mass is 485 g/mol. The highest BCUT2D eigenvalue weighted by Gasteiger charge is 2.29. The van der Waals surface area contributed by atoms with Crippen LogP contribution >= 0.6 is 11.6 Å². The number of nitro groups is 1. The number of rotatable bonds is 6. The normalized spacial score (nSPS) is 14.9. The number of amides is 2. The molecule has 0 bridgehead atoms. The third-order valence-corrected chi connectivity index (χ3v) is 6.16. The maximum atomic E-state index is 13.1. The number of piperidine rings is 1. The number of likely N-dealkylation sites (tertiary alicyclic amines) is 1. The third-order valence-electron chi connectivity index (χ3n) is 5.94. The number of nitro benzene ring substituents is 1. The number of benzene rings is 1. The molecule has 0 spiro atoms. The Balaban J connectivity index is 1.64. The summed E-state index contributed by atoms with van der Waals surface area (Å²) in [6, 6.07) is 7.46. The molecule has 1 aliphatic rings. The summed E-state index contributed by atoms with van der Waals surface area (Å²) in [6.07, 6.45) is 2.73. The molecule has 0 aliphatic carbocycles. The number of nitrogens with one attached hydrogen (secondary N) is 2. The van der Waals surface area contributed by atoms with Gasteiger partial charge in [-0.2, -0.15) is 0 Å². The predicted octanol–water partition coefficient (Wildman–Crippen LogP) is 4.70. The van der Waals surface area contributed by atoms with E-state index in [1.54, 1.807) is 6.07 Å². The SMILES string of the molecule is CC(C)N1CCC(C(=O)Nc2c(C(=O)Nc3ccc(Cl)cn3)oc3ccc([N+](=O)[O-])cc23)CC1. The Morgan fingerprint density at radius 3 is 2.56 bits per heavy atom. The fourth-order valence-corrected chi connectivity index (χ4v) is 4.12. The van der Waals surface area contributed by atoms with Crippen molar-refractivity contribution < 1.29 is 18.9 Å². The molecule has 1 fully saturated rings. The van der Waals surface area contributed by atoms with Gasteiger partial charge in [-0.3, -0.25) is 19.7 Å². The lowest BCUT2D eigenvalue weighted by Gasteiger charge is -2.33. The number of nitrogens with zero attached hydrogens (tertiary/aromatic N) is 3. The van der Waals surface area contributed by atoms with Crippen molar-refractivity contribution in [1.82, 2.24) is 9.88 Å².